The Labute approximate surface area is 108 Å². The summed E-state index contributed by atoms with van der Waals surface area (Å²) < 4.78 is 10.4. The fourth-order valence-electron chi connectivity index (χ4n) is 1.76. The number of ether oxygens (including phenoxy) is 2. The van der Waals surface area contributed by atoms with Crippen LogP contribution < -0.4 is 9.47 Å². The highest BCUT2D eigenvalue weighted by molar-refractivity contribution is 5.74. The minimum atomic E-state index is -0.809. The van der Waals surface area contributed by atoms with Gasteiger partial charge in [0.2, 0.25) is 0 Å². The van der Waals surface area contributed by atoms with Crippen molar-refractivity contribution in [2.24, 2.45) is 5.41 Å². The highest BCUT2D eigenvalue weighted by Gasteiger charge is 2.28. The summed E-state index contributed by atoms with van der Waals surface area (Å²) in [6.45, 7) is 5.37. The standard InChI is InChI=1S/C14H20O4/c1-9-6-11(17-4)12(18-5)7-10(9)8-14(2,3)13(15)16/h6-7H,8H2,1-5H3,(H,15,16). The zero-order chi connectivity index (χ0) is 13.9. The molecule has 0 aliphatic heterocycles. The molecule has 0 fully saturated rings. The maximum atomic E-state index is 11.2. The Morgan fingerprint density at radius 1 is 1.22 bits per heavy atom. The van der Waals surface area contributed by atoms with Gasteiger partial charge in [0.1, 0.15) is 0 Å². The van der Waals surface area contributed by atoms with Crippen molar-refractivity contribution in [3.05, 3.63) is 23.3 Å². The van der Waals surface area contributed by atoms with E-state index < -0.39 is 11.4 Å². The molecule has 1 aromatic carbocycles. The van der Waals surface area contributed by atoms with E-state index in [1.807, 2.05) is 19.1 Å². The minimum Gasteiger partial charge on any atom is -0.493 e. The number of aliphatic carboxylic acids is 1. The van der Waals surface area contributed by atoms with Crippen LogP contribution in [0.25, 0.3) is 0 Å². The van der Waals surface area contributed by atoms with E-state index in [0.717, 1.165) is 11.1 Å². The summed E-state index contributed by atoms with van der Waals surface area (Å²) in [7, 11) is 3.15. The van der Waals surface area contributed by atoms with Crippen LogP contribution in [0.4, 0.5) is 0 Å². The van der Waals surface area contributed by atoms with E-state index in [1.54, 1.807) is 28.1 Å². The fourth-order valence-corrected chi connectivity index (χ4v) is 1.76. The van der Waals surface area contributed by atoms with Crippen LogP contribution in [-0.2, 0) is 11.2 Å². The molecule has 0 radical (unpaired) electrons. The third-order valence-electron chi connectivity index (χ3n) is 3.05. The Kier molecular flexibility index (Phi) is 4.22. The number of carbonyl (C=O) groups is 1. The molecule has 100 valence electrons. The van der Waals surface area contributed by atoms with Crippen molar-refractivity contribution in [1.29, 1.82) is 0 Å². The third-order valence-corrected chi connectivity index (χ3v) is 3.05. The Bertz CT molecular complexity index is 449. The first-order valence-electron chi connectivity index (χ1n) is 5.76. The highest BCUT2D eigenvalue weighted by Crippen LogP contribution is 2.33. The molecule has 18 heavy (non-hydrogen) atoms. The second-order valence-corrected chi connectivity index (χ2v) is 5.00. The number of carboxylic acid groups (broad SMARTS) is 1. The lowest BCUT2D eigenvalue weighted by Gasteiger charge is -2.21. The minimum absolute atomic E-state index is 0.453. The Hall–Kier alpha value is -1.71. The van der Waals surface area contributed by atoms with Crippen LogP contribution in [0.3, 0.4) is 0 Å². The summed E-state index contributed by atoms with van der Waals surface area (Å²) in [5, 5.41) is 9.16. The van der Waals surface area contributed by atoms with Crippen molar-refractivity contribution in [2.75, 3.05) is 14.2 Å². The lowest BCUT2D eigenvalue weighted by molar-refractivity contribution is -0.146. The predicted molar refractivity (Wildman–Crippen MR) is 69.4 cm³/mol. The number of hydrogen-bond donors (Lipinski definition) is 1. The summed E-state index contributed by atoms with van der Waals surface area (Å²) in [4.78, 5) is 11.2. The van der Waals surface area contributed by atoms with Crippen LogP contribution in [0.15, 0.2) is 12.1 Å². The maximum absolute atomic E-state index is 11.2. The zero-order valence-corrected chi connectivity index (χ0v) is 11.5. The molecule has 1 rings (SSSR count). The van der Waals surface area contributed by atoms with Gasteiger partial charge in [-0.15, -0.1) is 0 Å². The van der Waals surface area contributed by atoms with Crippen LogP contribution >= 0.6 is 0 Å². The molecule has 0 bridgehead atoms. The molecule has 0 aliphatic rings. The summed E-state index contributed by atoms with van der Waals surface area (Å²) in [6.07, 6.45) is 0.453. The lowest BCUT2D eigenvalue weighted by atomic mass is 9.84. The summed E-state index contributed by atoms with van der Waals surface area (Å²) >= 11 is 0. The van der Waals surface area contributed by atoms with E-state index in [1.165, 1.54) is 0 Å². The smallest absolute Gasteiger partial charge is 0.309 e. The predicted octanol–water partition coefficient (Wildman–Crippen LogP) is 2.67. The van der Waals surface area contributed by atoms with Crippen molar-refractivity contribution in [1.82, 2.24) is 0 Å². The zero-order valence-electron chi connectivity index (χ0n) is 11.5. The summed E-state index contributed by atoms with van der Waals surface area (Å²) in [5.74, 6) is 0.475. The average Bonchev–Trinajstić information content (AvgIpc) is 2.30. The molecule has 0 aromatic heterocycles. The summed E-state index contributed by atoms with van der Waals surface area (Å²) in [6, 6.07) is 3.71. The molecule has 1 N–H and O–H groups in total. The Balaban J connectivity index is 3.14. The monoisotopic (exact) mass is 252 g/mol. The van der Waals surface area contributed by atoms with Gasteiger partial charge in [0, 0.05) is 0 Å². The topological polar surface area (TPSA) is 55.8 Å². The van der Waals surface area contributed by atoms with E-state index in [0.29, 0.717) is 17.9 Å². The quantitative estimate of drug-likeness (QED) is 0.875. The lowest BCUT2D eigenvalue weighted by Crippen LogP contribution is -2.26. The average molecular weight is 252 g/mol. The van der Waals surface area contributed by atoms with Gasteiger partial charge >= 0.3 is 5.97 Å². The van der Waals surface area contributed by atoms with Gasteiger partial charge in [0.05, 0.1) is 19.6 Å². The molecule has 0 unspecified atom stereocenters. The number of carboxylic acids is 1. The van der Waals surface area contributed by atoms with E-state index in [9.17, 15) is 4.79 Å². The largest absolute Gasteiger partial charge is 0.493 e. The molecule has 0 heterocycles. The normalized spacial score (nSPS) is 11.2. The third kappa shape index (κ3) is 2.94. The van der Waals surface area contributed by atoms with Gasteiger partial charge in [0.25, 0.3) is 0 Å². The van der Waals surface area contributed by atoms with Crippen molar-refractivity contribution in [3.8, 4) is 11.5 Å². The molecule has 0 spiro atoms. The second-order valence-electron chi connectivity index (χ2n) is 5.00. The summed E-state index contributed by atoms with van der Waals surface area (Å²) in [5.41, 5.74) is 1.16. The van der Waals surface area contributed by atoms with Crippen molar-refractivity contribution < 1.29 is 19.4 Å². The van der Waals surface area contributed by atoms with Gasteiger partial charge in [-0.2, -0.15) is 0 Å². The van der Waals surface area contributed by atoms with Gasteiger partial charge in [-0.1, -0.05) is 0 Å². The molecule has 0 amide bonds. The van der Waals surface area contributed by atoms with E-state index >= 15 is 0 Å². The Morgan fingerprint density at radius 3 is 2.17 bits per heavy atom. The number of rotatable bonds is 5. The Morgan fingerprint density at radius 2 is 1.72 bits per heavy atom. The van der Waals surface area contributed by atoms with Gasteiger partial charge in [-0.05, 0) is 50.5 Å². The number of benzene rings is 1. The van der Waals surface area contributed by atoms with Crippen molar-refractivity contribution in [2.45, 2.75) is 27.2 Å². The number of methoxy groups -OCH3 is 2. The molecule has 0 saturated heterocycles. The van der Waals surface area contributed by atoms with Gasteiger partial charge in [-0.3, -0.25) is 4.79 Å². The fraction of sp³-hybridized carbons (Fsp3) is 0.500. The molecule has 0 atom stereocenters. The first-order chi connectivity index (χ1) is 8.31. The molecule has 4 nitrogen and oxygen atoms in total. The van der Waals surface area contributed by atoms with Crippen LogP contribution in [0.5, 0.6) is 11.5 Å². The SMILES string of the molecule is COc1cc(C)c(CC(C)(C)C(=O)O)cc1OC. The van der Waals surface area contributed by atoms with Crippen molar-refractivity contribution in [3.63, 3.8) is 0 Å². The molecule has 1 aromatic rings. The first-order valence-corrected chi connectivity index (χ1v) is 5.76. The second kappa shape index (κ2) is 5.29. The van der Waals surface area contributed by atoms with Crippen LogP contribution in [0.1, 0.15) is 25.0 Å². The van der Waals surface area contributed by atoms with Gasteiger partial charge in [-0.25, -0.2) is 0 Å². The maximum Gasteiger partial charge on any atom is 0.309 e. The van der Waals surface area contributed by atoms with Crippen LogP contribution in [-0.4, -0.2) is 25.3 Å². The molecule has 4 heteroatoms. The highest BCUT2D eigenvalue weighted by atomic mass is 16.5. The number of aryl methyl sites for hydroxylation is 1. The molecular weight excluding hydrogens is 232 g/mol. The molecule has 0 saturated carbocycles. The van der Waals surface area contributed by atoms with E-state index in [-0.39, 0.29) is 0 Å². The molecular formula is C14H20O4. The van der Waals surface area contributed by atoms with Gasteiger partial charge < -0.3 is 14.6 Å². The van der Waals surface area contributed by atoms with E-state index in [4.69, 9.17) is 14.6 Å². The van der Waals surface area contributed by atoms with Crippen molar-refractivity contribution >= 4 is 5.97 Å². The van der Waals surface area contributed by atoms with E-state index in [2.05, 4.69) is 0 Å². The first kappa shape index (κ1) is 14.4. The van der Waals surface area contributed by atoms with Crippen LogP contribution in [0, 0.1) is 12.3 Å². The van der Waals surface area contributed by atoms with Crippen LogP contribution in [0.2, 0.25) is 0 Å². The number of hydrogen-bond acceptors (Lipinski definition) is 3. The molecule has 0 aliphatic carbocycles. The van der Waals surface area contributed by atoms with Gasteiger partial charge in [0.15, 0.2) is 11.5 Å².